The van der Waals surface area contributed by atoms with Gasteiger partial charge >= 0.3 is 0 Å². The molecule has 1 atom stereocenters. The zero-order valence-corrected chi connectivity index (χ0v) is 23.1. The maximum absolute atomic E-state index is 5.57. The Morgan fingerprint density at radius 2 is 1.81 bits per heavy atom. The topological polar surface area (TPSA) is 70.6 Å². The summed E-state index contributed by atoms with van der Waals surface area (Å²) in [5.74, 6) is 2.29. The molecule has 0 aromatic heterocycles. The molecule has 0 spiro atoms. The Bertz CT molecular complexity index is 709. The molecule has 32 heavy (non-hydrogen) atoms. The van der Waals surface area contributed by atoms with E-state index in [4.69, 9.17) is 14.2 Å². The maximum atomic E-state index is 5.57. The SMILES string of the molecule is CN=C(NCC(c1ccc(OC)c(OC)c1)N1CCOCC1)NCC(C)(C)CN(C)C.I. The first kappa shape index (κ1) is 28.7. The van der Waals surface area contributed by atoms with Gasteiger partial charge in [0.05, 0.1) is 33.5 Å². The Balaban J connectivity index is 0.00000512. The van der Waals surface area contributed by atoms with Crippen LogP contribution in [-0.2, 0) is 4.74 Å². The van der Waals surface area contributed by atoms with Gasteiger partial charge in [-0.1, -0.05) is 19.9 Å². The van der Waals surface area contributed by atoms with Crippen molar-refractivity contribution >= 4 is 29.9 Å². The van der Waals surface area contributed by atoms with Crippen LogP contribution in [0, 0.1) is 5.41 Å². The highest BCUT2D eigenvalue weighted by Gasteiger charge is 2.25. The third-order valence-electron chi connectivity index (χ3n) is 5.44. The number of guanidine groups is 1. The molecule has 0 bridgehead atoms. The lowest BCUT2D eigenvalue weighted by Crippen LogP contribution is -2.48. The molecule has 1 fully saturated rings. The summed E-state index contributed by atoms with van der Waals surface area (Å²) >= 11 is 0. The van der Waals surface area contributed by atoms with Crippen LogP contribution in [0.4, 0.5) is 0 Å². The molecule has 0 saturated carbocycles. The second-order valence-corrected chi connectivity index (χ2v) is 8.99. The molecule has 1 aliphatic rings. The molecule has 1 aromatic rings. The quantitative estimate of drug-likeness (QED) is 0.258. The first-order valence-corrected chi connectivity index (χ1v) is 10.9. The van der Waals surface area contributed by atoms with Crippen molar-refractivity contribution in [1.82, 2.24) is 20.4 Å². The fourth-order valence-corrected chi connectivity index (χ4v) is 4.06. The van der Waals surface area contributed by atoms with Gasteiger partial charge in [0.15, 0.2) is 17.5 Å². The van der Waals surface area contributed by atoms with Crippen LogP contribution in [0.3, 0.4) is 0 Å². The minimum atomic E-state index is 0. The number of hydrogen-bond acceptors (Lipinski definition) is 6. The predicted octanol–water partition coefficient (Wildman–Crippen LogP) is 2.45. The van der Waals surface area contributed by atoms with E-state index in [0.29, 0.717) is 0 Å². The fourth-order valence-electron chi connectivity index (χ4n) is 4.06. The first-order chi connectivity index (χ1) is 14.8. The fraction of sp³-hybridized carbons (Fsp3) is 0.696. The summed E-state index contributed by atoms with van der Waals surface area (Å²) in [5.41, 5.74) is 1.31. The van der Waals surface area contributed by atoms with Crippen LogP contribution in [0.5, 0.6) is 11.5 Å². The van der Waals surface area contributed by atoms with Crippen molar-refractivity contribution in [2.75, 3.05) is 81.3 Å². The van der Waals surface area contributed by atoms with Gasteiger partial charge in [0.1, 0.15) is 0 Å². The van der Waals surface area contributed by atoms with Crippen LogP contribution in [0.2, 0.25) is 0 Å². The number of nitrogens with one attached hydrogen (secondary N) is 2. The molecule has 2 N–H and O–H groups in total. The Morgan fingerprint density at radius 3 is 2.38 bits per heavy atom. The van der Waals surface area contributed by atoms with Gasteiger partial charge in [-0.3, -0.25) is 9.89 Å². The lowest BCUT2D eigenvalue weighted by atomic mass is 9.93. The smallest absolute Gasteiger partial charge is 0.191 e. The van der Waals surface area contributed by atoms with Gasteiger partial charge in [-0.15, -0.1) is 24.0 Å². The summed E-state index contributed by atoms with van der Waals surface area (Å²) in [4.78, 5) is 9.09. The number of halogens is 1. The van der Waals surface area contributed by atoms with Gasteiger partial charge in [0.25, 0.3) is 0 Å². The average Bonchev–Trinajstić information content (AvgIpc) is 2.75. The first-order valence-electron chi connectivity index (χ1n) is 10.9. The molecule has 0 amide bonds. The van der Waals surface area contributed by atoms with Crippen LogP contribution in [0.15, 0.2) is 23.2 Å². The van der Waals surface area contributed by atoms with Crippen molar-refractivity contribution in [3.63, 3.8) is 0 Å². The molecule has 2 rings (SSSR count). The minimum absolute atomic E-state index is 0. The molecule has 9 heteroatoms. The van der Waals surface area contributed by atoms with Crippen molar-refractivity contribution in [2.24, 2.45) is 10.4 Å². The normalized spacial score (nSPS) is 16.3. The second kappa shape index (κ2) is 14.1. The monoisotopic (exact) mass is 563 g/mol. The van der Waals surface area contributed by atoms with Crippen molar-refractivity contribution in [3.8, 4) is 11.5 Å². The van der Waals surface area contributed by atoms with E-state index in [-0.39, 0.29) is 35.4 Å². The molecule has 1 aromatic carbocycles. The standard InChI is InChI=1S/C23H41N5O3.HI/c1-23(2,17-27(4)5)16-26-22(24-3)25-15-19(28-10-12-31-13-11-28)18-8-9-20(29-6)21(14-18)30-7;/h8-9,14,19H,10-13,15-17H2,1-7H3,(H2,24,25,26);1H. The summed E-state index contributed by atoms with van der Waals surface area (Å²) in [7, 11) is 9.35. The number of methoxy groups -OCH3 is 2. The van der Waals surface area contributed by atoms with Crippen LogP contribution in [0.1, 0.15) is 25.5 Å². The molecule has 184 valence electrons. The van der Waals surface area contributed by atoms with Gasteiger partial charge in [-0.05, 0) is 37.2 Å². The third-order valence-corrected chi connectivity index (χ3v) is 5.44. The molecule has 0 aliphatic carbocycles. The molecular formula is C23H42IN5O3. The highest BCUT2D eigenvalue weighted by molar-refractivity contribution is 14.0. The molecule has 1 heterocycles. The maximum Gasteiger partial charge on any atom is 0.191 e. The highest BCUT2D eigenvalue weighted by atomic mass is 127. The number of ether oxygens (including phenoxy) is 3. The molecule has 0 radical (unpaired) electrons. The Morgan fingerprint density at radius 1 is 1.16 bits per heavy atom. The van der Waals surface area contributed by atoms with Gasteiger partial charge in [0, 0.05) is 39.8 Å². The summed E-state index contributed by atoms with van der Waals surface area (Å²) in [6.07, 6.45) is 0. The predicted molar refractivity (Wildman–Crippen MR) is 142 cm³/mol. The number of aliphatic imine (C=N–C) groups is 1. The van der Waals surface area contributed by atoms with E-state index in [2.05, 4.69) is 65.5 Å². The third kappa shape index (κ3) is 8.92. The van der Waals surface area contributed by atoms with E-state index >= 15 is 0 Å². The number of nitrogens with zero attached hydrogens (tertiary/aromatic N) is 3. The van der Waals surface area contributed by atoms with E-state index in [9.17, 15) is 0 Å². The number of benzene rings is 1. The largest absolute Gasteiger partial charge is 0.493 e. The minimum Gasteiger partial charge on any atom is -0.493 e. The van der Waals surface area contributed by atoms with Gasteiger partial charge < -0.3 is 29.7 Å². The van der Waals surface area contributed by atoms with E-state index in [1.54, 1.807) is 14.2 Å². The van der Waals surface area contributed by atoms with E-state index in [1.807, 2.05) is 13.1 Å². The second-order valence-electron chi connectivity index (χ2n) is 8.99. The summed E-state index contributed by atoms with van der Waals surface area (Å²) in [5, 5.41) is 7.02. The van der Waals surface area contributed by atoms with Crippen LogP contribution < -0.4 is 20.1 Å². The van der Waals surface area contributed by atoms with E-state index in [1.165, 1.54) is 5.56 Å². The molecule has 8 nitrogen and oxygen atoms in total. The molecule has 1 saturated heterocycles. The average molecular weight is 564 g/mol. The van der Waals surface area contributed by atoms with Crippen molar-refractivity contribution in [3.05, 3.63) is 23.8 Å². The summed E-state index contributed by atoms with van der Waals surface area (Å²) < 4.78 is 16.5. The highest BCUT2D eigenvalue weighted by Crippen LogP contribution is 2.32. The van der Waals surface area contributed by atoms with Gasteiger partial charge in [-0.2, -0.15) is 0 Å². The van der Waals surface area contributed by atoms with Crippen molar-refractivity contribution in [2.45, 2.75) is 19.9 Å². The van der Waals surface area contributed by atoms with Gasteiger partial charge in [-0.25, -0.2) is 0 Å². The number of morpholine rings is 1. The van der Waals surface area contributed by atoms with E-state index in [0.717, 1.165) is 63.4 Å². The zero-order chi connectivity index (χ0) is 22.9. The van der Waals surface area contributed by atoms with E-state index < -0.39 is 0 Å². The zero-order valence-electron chi connectivity index (χ0n) is 20.7. The Kier molecular flexibility index (Phi) is 12.6. The lowest BCUT2D eigenvalue weighted by Gasteiger charge is -2.35. The molecule has 1 aliphatic heterocycles. The molecular weight excluding hydrogens is 521 g/mol. The van der Waals surface area contributed by atoms with Crippen molar-refractivity contribution < 1.29 is 14.2 Å². The van der Waals surface area contributed by atoms with Crippen LogP contribution >= 0.6 is 24.0 Å². The van der Waals surface area contributed by atoms with Crippen LogP contribution in [0.25, 0.3) is 0 Å². The lowest BCUT2D eigenvalue weighted by molar-refractivity contribution is 0.0169. The number of rotatable bonds is 10. The van der Waals surface area contributed by atoms with Crippen molar-refractivity contribution in [1.29, 1.82) is 0 Å². The Hall–Kier alpha value is -1.30. The summed E-state index contributed by atoms with van der Waals surface area (Å²) in [6.45, 7) is 10.3. The molecule has 1 unspecified atom stereocenters. The van der Waals surface area contributed by atoms with Crippen LogP contribution in [-0.4, -0.2) is 97.1 Å². The Labute approximate surface area is 211 Å². The van der Waals surface area contributed by atoms with Gasteiger partial charge in [0.2, 0.25) is 0 Å². The summed E-state index contributed by atoms with van der Waals surface area (Å²) in [6, 6.07) is 6.31. The number of hydrogen-bond donors (Lipinski definition) is 2.